The van der Waals surface area contributed by atoms with Crippen LogP contribution >= 0.6 is 0 Å². The van der Waals surface area contributed by atoms with E-state index in [1.165, 1.54) is 12.7 Å². The molecule has 0 heterocycles. The molecule has 0 saturated carbocycles. The Morgan fingerprint density at radius 1 is 1.19 bits per heavy atom. The van der Waals surface area contributed by atoms with Crippen molar-refractivity contribution in [2.24, 2.45) is 5.92 Å². The van der Waals surface area contributed by atoms with Crippen molar-refractivity contribution in [1.82, 2.24) is 0 Å². The molecule has 0 aliphatic rings. The third-order valence-electron chi connectivity index (χ3n) is 4.34. The lowest BCUT2D eigenvalue weighted by Gasteiger charge is -2.29. The number of quaternary nitrogens is 1. The molecule has 0 radical (unpaired) electrons. The van der Waals surface area contributed by atoms with Crippen molar-refractivity contribution in [3.05, 3.63) is 47.5 Å². The summed E-state index contributed by atoms with van der Waals surface area (Å²) in [5, 5.41) is 0. The first-order valence-electron chi connectivity index (χ1n) is 9.09. The standard InChI is InChI=1S/C21H32NO4/c1-6-19(21(24)25-5)13-12-17(2)20(23)26-15-14-22(3,4)16-18-10-8-7-9-11-18/h7-11,13,17H,6,12,14-16H2,1-5H3/q+1/b19-13-. The Bertz CT molecular complexity index is 608. The van der Waals surface area contributed by atoms with Gasteiger partial charge in [-0.3, -0.25) is 4.79 Å². The molecule has 0 aliphatic heterocycles. The molecular weight excluding hydrogens is 330 g/mol. The molecule has 0 fully saturated rings. The summed E-state index contributed by atoms with van der Waals surface area (Å²) < 4.78 is 10.9. The predicted octanol–water partition coefficient (Wildman–Crippen LogP) is 3.34. The molecule has 0 amide bonds. The Morgan fingerprint density at radius 2 is 1.85 bits per heavy atom. The molecule has 0 saturated heterocycles. The molecule has 0 bridgehead atoms. The van der Waals surface area contributed by atoms with Crippen molar-refractivity contribution < 1.29 is 23.5 Å². The molecule has 5 nitrogen and oxygen atoms in total. The minimum Gasteiger partial charge on any atom is -0.466 e. The maximum absolute atomic E-state index is 12.2. The maximum Gasteiger partial charge on any atom is 0.333 e. The summed E-state index contributed by atoms with van der Waals surface area (Å²) in [5.41, 5.74) is 1.85. The van der Waals surface area contributed by atoms with Crippen LogP contribution in [0.3, 0.4) is 0 Å². The minimum absolute atomic E-state index is 0.235. The van der Waals surface area contributed by atoms with Crippen molar-refractivity contribution in [1.29, 1.82) is 0 Å². The first-order valence-corrected chi connectivity index (χ1v) is 9.09. The summed E-state index contributed by atoms with van der Waals surface area (Å²) >= 11 is 0. The number of ether oxygens (including phenoxy) is 2. The van der Waals surface area contributed by atoms with Crippen LogP contribution in [0.4, 0.5) is 0 Å². The fraction of sp³-hybridized carbons (Fsp3) is 0.524. The zero-order valence-corrected chi connectivity index (χ0v) is 16.7. The maximum atomic E-state index is 12.2. The molecule has 0 spiro atoms. The molecule has 144 valence electrons. The Morgan fingerprint density at radius 3 is 2.42 bits per heavy atom. The van der Waals surface area contributed by atoms with Crippen LogP contribution in [0.2, 0.25) is 0 Å². The Balaban J connectivity index is 2.42. The first kappa shape index (κ1) is 21.9. The van der Waals surface area contributed by atoms with Gasteiger partial charge in [-0.2, -0.15) is 0 Å². The number of allylic oxidation sites excluding steroid dienone is 1. The van der Waals surface area contributed by atoms with Gasteiger partial charge in [0.05, 0.1) is 27.1 Å². The third-order valence-corrected chi connectivity index (χ3v) is 4.34. The summed E-state index contributed by atoms with van der Waals surface area (Å²) in [5.74, 6) is -0.861. The van der Waals surface area contributed by atoms with Crippen LogP contribution in [-0.4, -0.2) is 50.8 Å². The number of carbonyl (C=O) groups excluding carboxylic acids is 2. The van der Waals surface area contributed by atoms with E-state index in [0.717, 1.165) is 17.6 Å². The minimum atomic E-state index is -0.340. The lowest BCUT2D eigenvalue weighted by Crippen LogP contribution is -2.42. The van der Waals surface area contributed by atoms with E-state index in [0.29, 0.717) is 25.0 Å². The van der Waals surface area contributed by atoms with Crippen LogP contribution in [0.1, 0.15) is 32.3 Å². The Labute approximate surface area is 157 Å². The van der Waals surface area contributed by atoms with Crippen LogP contribution in [0.25, 0.3) is 0 Å². The van der Waals surface area contributed by atoms with Crippen molar-refractivity contribution in [2.45, 2.75) is 33.2 Å². The molecule has 26 heavy (non-hydrogen) atoms. The highest BCUT2D eigenvalue weighted by Crippen LogP contribution is 2.12. The monoisotopic (exact) mass is 362 g/mol. The normalized spacial score (nSPS) is 13.2. The number of nitrogens with zero attached hydrogens (tertiary/aromatic N) is 1. The van der Waals surface area contributed by atoms with Gasteiger partial charge in [0.15, 0.2) is 0 Å². The van der Waals surface area contributed by atoms with E-state index in [1.807, 2.05) is 32.0 Å². The molecule has 1 rings (SSSR count). The Hall–Kier alpha value is -2.14. The number of hydrogen-bond donors (Lipinski definition) is 0. The molecule has 1 aromatic carbocycles. The molecule has 0 N–H and O–H groups in total. The van der Waals surface area contributed by atoms with E-state index in [1.54, 1.807) is 6.08 Å². The average Bonchev–Trinajstić information content (AvgIpc) is 2.61. The van der Waals surface area contributed by atoms with Gasteiger partial charge in [-0.05, 0) is 12.8 Å². The first-order chi connectivity index (χ1) is 12.3. The second-order valence-corrected chi connectivity index (χ2v) is 7.18. The molecular formula is C21H32NO4+. The van der Waals surface area contributed by atoms with E-state index in [2.05, 4.69) is 26.2 Å². The van der Waals surface area contributed by atoms with Gasteiger partial charge in [-0.25, -0.2) is 4.79 Å². The highest BCUT2D eigenvalue weighted by atomic mass is 16.5. The summed E-state index contributed by atoms with van der Waals surface area (Å²) in [6.07, 6.45) is 2.83. The van der Waals surface area contributed by atoms with Gasteiger partial charge in [0.25, 0.3) is 0 Å². The zero-order valence-electron chi connectivity index (χ0n) is 16.7. The predicted molar refractivity (Wildman–Crippen MR) is 102 cm³/mol. The fourth-order valence-electron chi connectivity index (χ4n) is 2.61. The van der Waals surface area contributed by atoms with E-state index >= 15 is 0 Å². The highest BCUT2D eigenvalue weighted by Gasteiger charge is 2.19. The quantitative estimate of drug-likeness (QED) is 0.364. The van der Waals surface area contributed by atoms with Crippen molar-refractivity contribution in [2.75, 3.05) is 34.4 Å². The molecule has 1 atom stereocenters. The number of rotatable bonds is 10. The summed E-state index contributed by atoms with van der Waals surface area (Å²) in [6, 6.07) is 10.3. The smallest absolute Gasteiger partial charge is 0.333 e. The number of hydrogen-bond acceptors (Lipinski definition) is 4. The second kappa shape index (κ2) is 10.8. The third kappa shape index (κ3) is 7.83. The van der Waals surface area contributed by atoms with Crippen molar-refractivity contribution in [3.63, 3.8) is 0 Å². The van der Waals surface area contributed by atoms with Gasteiger partial charge in [0, 0.05) is 11.1 Å². The van der Waals surface area contributed by atoms with E-state index in [9.17, 15) is 9.59 Å². The number of methoxy groups -OCH3 is 1. The lowest BCUT2D eigenvalue weighted by molar-refractivity contribution is -0.903. The summed E-state index contributed by atoms with van der Waals surface area (Å²) in [4.78, 5) is 23.7. The van der Waals surface area contributed by atoms with Gasteiger partial charge in [-0.1, -0.05) is 50.3 Å². The van der Waals surface area contributed by atoms with Crippen LogP contribution in [0.5, 0.6) is 0 Å². The second-order valence-electron chi connectivity index (χ2n) is 7.18. The molecule has 1 unspecified atom stereocenters. The average molecular weight is 362 g/mol. The molecule has 0 aliphatic carbocycles. The summed E-state index contributed by atoms with van der Waals surface area (Å²) in [7, 11) is 5.60. The number of likely N-dealkylation sites (N-methyl/N-ethyl adjacent to an activating group) is 1. The van der Waals surface area contributed by atoms with Crippen LogP contribution in [0, 0.1) is 5.92 Å². The number of esters is 2. The van der Waals surface area contributed by atoms with Gasteiger partial charge in [0.1, 0.15) is 19.7 Å². The van der Waals surface area contributed by atoms with E-state index in [-0.39, 0.29) is 17.9 Å². The van der Waals surface area contributed by atoms with E-state index < -0.39 is 0 Å². The SMILES string of the molecule is CC/C(=C/CC(C)C(=O)OCC[N+](C)(C)Cc1ccccc1)C(=O)OC. The molecule has 5 heteroatoms. The largest absolute Gasteiger partial charge is 0.466 e. The fourth-order valence-corrected chi connectivity index (χ4v) is 2.61. The number of benzene rings is 1. The van der Waals surface area contributed by atoms with Gasteiger partial charge in [0.2, 0.25) is 0 Å². The van der Waals surface area contributed by atoms with Crippen LogP contribution < -0.4 is 0 Å². The molecule has 0 aromatic heterocycles. The topological polar surface area (TPSA) is 52.6 Å². The van der Waals surface area contributed by atoms with Gasteiger partial charge in [-0.15, -0.1) is 0 Å². The summed E-state index contributed by atoms with van der Waals surface area (Å²) in [6.45, 7) is 5.71. The van der Waals surface area contributed by atoms with Crippen LogP contribution in [-0.2, 0) is 25.6 Å². The highest BCUT2D eigenvalue weighted by molar-refractivity contribution is 5.88. The van der Waals surface area contributed by atoms with Crippen molar-refractivity contribution >= 4 is 11.9 Å². The Kier molecular flexibility index (Phi) is 9.07. The van der Waals surface area contributed by atoms with Gasteiger partial charge < -0.3 is 14.0 Å². The lowest BCUT2D eigenvalue weighted by atomic mass is 10.0. The molecule has 1 aromatic rings. The number of carbonyl (C=O) groups is 2. The zero-order chi connectivity index (χ0) is 19.6. The van der Waals surface area contributed by atoms with Crippen LogP contribution in [0.15, 0.2) is 42.0 Å². The van der Waals surface area contributed by atoms with Gasteiger partial charge >= 0.3 is 11.9 Å². The van der Waals surface area contributed by atoms with E-state index in [4.69, 9.17) is 9.47 Å². The van der Waals surface area contributed by atoms with Crippen molar-refractivity contribution in [3.8, 4) is 0 Å².